The number of aliphatic hydroxyl groups is 1. The number of unbranched alkanes of at least 4 members (excludes halogenated alkanes) is 1. The van der Waals surface area contributed by atoms with Crippen molar-refractivity contribution in [1.29, 1.82) is 0 Å². The zero-order chi connectivity index (χ0) is 28.8. The molecule has 1 saturated heterocycles. The molecule has 3 heterocycles. The molecule has 7 nitrogen and oxygen atoms in total. The molecule has 2 aliphatic rings. The van der Waals surface area contributed by atoms with Gasteiger partial charge in [-0.2, -0.15) is 0 Å². The summed E-state index contributed by atoms with van der Waals surface area (Å²) in [5.41, 5.74) is 4.99. The van der Waals surface area contributed by atoms with E-state index in [9.17, 15) is 14.7 Å². The highest BCUT2D eigenvalue weighted by atomic mass is 32.1. The van der Waals surface area contributed by atoms with Crippen molar-refractivity contribution in [2.75, 3.05) is 11.5 Å². The van der Waals surface area contributed by atoms with Crippen LogP contribution >= 0.6 is 11.3 Å². The number of ketones is 1. The lowest BCUT2D eigenvalue weighted by molar-refractivity contribution is -0.132. The van der Waals surface area contributed by atoms with E-state index in [1.807, 2.05) is 63.2 Å². The smallest absolute Gasteiger partial charge is 0.301 e. The van der Waals surface area contributed by atoms with E-state index in [1.54, 1.807) is 12.1 Å². The van der Waals surface area contributed by atoms with Crippen molar-refractivity contribution < 1.29 is 24.2 Å². The number of rotatable bonds is 7. The summed E-state index contributed by atoms with van der Waals surface area (Å²) in [6, 6.07) is 16.0. The van der Waals surface area contributed by atoms with Crippen LogP contribution in [0.3, 0.4) is 0 Å². The number of ether oxygens (including phenoxy) is 2. The van der Waals surface area contributed by atoms with Crippen LogP contribution in [-0.2, 0) is 16.0 Å². The lowest BCUT2D eigenvalue weighted by atomic mass is 9.94. The minimum atomic E-state index is -0.880. The van der Waals surface area contributed by atoms with Crippen LogP contribution in [0.25, 0.3) is 16.0 Å². The predicted molar refractivity (Wildman–Crippen MR) is 161 cm³/mol. The molecule has 0 bridgehead atoms. The summed E-state index contributed by atoms with van der Waals surface area (Å²) in [6.07, 6.45) is 2.65. The Labute approximate surface area is 243 Å². The van der Waals surface area contributed by atoms with Crippen molar-refractivity contribution >= 4 is 44.1 Å². The Morgan fingerprint density at radius 1 is 1.15 bits per heavy atom. The van der Waals surface area contributed by atoms with E-state index in [-0.39, 0.29) is 17.4 Å². The van der Waals surface area contributed by atoms with Crippen molar-refractivity contribution in [3.05, 3.63) is 88.0 Å². The summed E-state index contributed by atoms with van der Waals surface area (Å²) >= 11 is 1.36. The highest BCUT2D eigenvalue weighted by Crippen LogP contribution is 2.45. The molecular formula is C33H32N2O5S. The zero-order valence-electron chi connectivity index (χ0n) is 23.6. The van der Waals surface area contributed by atoms with Crippen molar-refractivity contribution in [3.63, 3.8) is 0 Å². The first-order valence-electron chi connectivity index (χ1n) is 14.0. The molecule has 0 aliphatic carbocycles. The third kappa shape index (κ3) is 4.86. The number of anilines is 1. The van der Waals surface area contributed by atoms with Gasteiger partial charge in [0.05, 0.1) is 28.4 Å². The Morgan fingerprint density at radius 3 is 2.78 bits per heavy atom. The summed E-state index contributed by atoms with van der Waals surface area (Å²) in [6.45, 7) is 8.65. The van der Waals surface area contributed by atoms with Gasteiger partial charge in [0.2, 0.25) is 0 Å². The topological polar surface area (TPSA) is 89.0 Å². The number of aliphatic hydroxyl groups excluding tert-OH is 1. The van der Waals surface area contributed by atoms with Crippen LogP contribution in [0.1, 0.15) is 60.5 Å². The maximum atomic E-state index is 13.7. The summed E-state index contributed by atoms with van der Waals surface area (Å²) in [7, 11) is 0. The predicted octanol–water partition coefficient (Wildman–Crippen LogP) is 7.04. The van der Waals surface area contributed by atoms with Crippen LogP contribution in [0.4, 0.5) is 5.13 Å². The monoisotopic (exact) mass is 568 g/mol. The Morgan fingerprint density at radius 2 is 1.98 bits per heavy atom. The fourth-order valence-corrected chi connectivity index (χ4v) is 6.81. The number of aryl methyl sites for hydroxylation is 2. The highest BCUT2D eigenvalue weighted by Gasteiger charge is 2.48. The second-order valence-corrected chi connectivity index (χ2v) is 11.8. The van der Waals surface area contributed by atoms with Crippen molar-refractivity contribution in [2.45, 2.75) is 59.1 Å². The summed E-state index contributed by atoms with van der Waals surface area (Å²) in [5.74, 6) is -0.282. The molecular weight excluding hydrogens is 536 g/mol. The van der Waals surface area contributed by atoms with Gasteiger partial charge in [-0.25, -0.2) is 4.98 Å². The molecule has 2 aliphatic heterocycles. The molecule has 0 saturated carbocycles. The average Bonchev–Trinajstić information content (AvgIpc) is 3.61. The maximum Gasteiger partial charge on any atom is 0.301 e. The first-order valence-corrected chi connectivity index (χ1v) is 14.8. The Kier molecular flexibility index (Phi) is 7.03. The SMILES string of the molecule is CCCCOc1cccc([C@@H]2C(=C(O)c3ccc4c(c3)C[C@H](C)O4)C(=O)C(=O)N2c2nc3c(C)cc(C)cc3s2)c1. The number of hydrogen-bond acceptors (Lipinski definition) is 7. The molecule has 0 spiro atoms. The van der Waals surface area contributed by atoms with E-state index in [4.69, 9.17) is 14.5 Å². The second-order valence-electron chi connectivity index (χ2n) is 10.8. The number of carbonyl (C=O) groups is 2. The number of carbonyl (C=O) groups excluding carboxylic acids is 2. The molecule has 0 radical (unpaired) electrons. The van der Waals surface area contributed by atoms with Gasteiger partial charge >= 0.3 is 5.91 Å². The summed E-state index contributed by atoms with van der Waals surface area (Å²) < 4.78 is 12.7. The molecule has 4 aromatic rings. The number of hydrogen-bond donors (Lipinski definition) is 1. The molecule has 3 aromatic carbocycles. The number of thiazole rings is 1. The van der Waals surface area contributed by atoms with E-state index in [1.165, 1.54) is 16.2 Å². The van der Waals surface area contributed by atoms with Gasteiger partial charge in [-0.15, -0.1) is 0 Å². The minimum Gasteiger partial charge on any atom is -0.507 e. The molecule has 1 fully saturated rings. The van der Waals surface area contributed by atoms with Gasteiger partial charge in [0, 0.05) is 12.0 Å². The van der Waals surface area contributed by atoms with E-state index in [0.717, 1.165) is 45.5 Å². The average molecular weight is 569 g/mol. The van der Waals surface area contributed by atoms with E-state index in [2.05, 4.69) is 6.92 Å². The lowest BCUT2D eigenvalue weighted by Gasteiger charge is -2.23. The second kappa shape index (κ2) is 10.7. The van der Waals surface area contributed by atoms with Crippen molar-refractivity contribution in [3.8, 4) is 11.5 Å². The van der Waals surface area contributed by atoms with E-state index < -0.39 is 17.7 Å². The van der Waals surface area contributed by atoms with Crippen molar-refractivity contribution in [2.24, 2.45) is 0 Å². The van der Waals surface area contributed by atoms with Crippen LogP contribution < -0.4 is 14.4 Å². The molecule has 2 atom stereocenters. The van der Waals surface area contributed by atoms with Crippen LogP contribution in [0.2, 0.25) is 0 Å². The van der Waals surface area contributed by atoms with E-state index in [0.29, 0.717) is 35.0 Å². The molecule has 1 amide bonds. The minimum absolute atomic E-state index is 0.0276. The maximum absolute atomic E-state index is 13.7. The largest absolute Gasteiger partial charge is 0.507 e. The van der Waals surface area contributed by atoms with Gasteiger partial charge in [0.25, 0.3) is 5.78 Å². The molecule has 8 heteroatoms. The van der Waals surface area contributed by atoms with Crippen LogP contribution in [0.15, 0.2) is 60.2 Å². The summed E-state index contributed by atoms with van der Waals surface area (Å²) in [4.78, 5) is 33.7. The van der Waals surface area contributed by atoms with Gasteiger partial charge in [-0.1, -0.05) is 42.9 Å². The number of benzene rings is 3. The van der Waals surface area contributed by atoms with E-state index >= 15 is 0 Å². The third-order valence-electron chi connectivity index (χ3n) is 7.58. The van der Waals surface area contributed by atoms with Gasteiger partial charge < -0.3 is 14.6 Å². The fraction of sp³-hybridized carbons (Fsp3) is 0.303. The Bertz CT molecular complexity index is 1720. The van der Waals surface area contributed by atoms with Gasteiger partial charge in [-0.05, 0) is 85.8 Å². The van der Waals surface area contributed by atoms with Crippen molar-refractivity contribution in [1.82, 2.24) is 4.98 Å². The Balaban J connectivity index is 1.51. The molecule has 0 unspecified atom stereocenters. The molecule has 1 N–H and O–H groups in total. The molecule has 41 heavy (non-hydrogen) atoms. The van der Waals surface area contributed by atoms with Crippen LogP contribution in [-0.4, -0.2) is 34.5 Å². The number of fused-ring (bicyclic) bond motifs is 2. The molecule has 6 rings (SSSR count). The summed E-state index contributed by atoms with van der Waals surface area (Å²) in [5, 5.41) is 12.1. The van der Waals surface area contributed by atoms with Gasteiger partial charge in [0.15, 0.2) is 5.13 Å². The first-order chi connectivity index (χ1) is 19.7. The first kappa shape index (κ1) is 27.0. The number of amides is 1. The third-order valence-corrected chi connectivity index (χ3v) is 8.58. The lowest BCUT2D eigenvalue weighted by Crippen LogP contribution is -2.29. The number of aromatic nitrogens is 1. The number of nitrogens with zero attached hydrogens (tertiary/aromatic N) is 2. The highest BCUT2D eigenvalue weighted by molar-refractivity contribution is 7.22. The molecule has 1 aromatic heterocycles. The Hall–Kier alpha value is -4.17. The normalized spacial score (nSPS) is 19.6. The molecule has 210 valence electrons. The number of Topliss-reactive ketones (excluding diaryl/α,β-unsaturated/α-hetero) is 1. The van der Waals surface area contributed by atoms with Crippen LogP contribution in [0, 0.1) is 13.8 Å². The standard InChI is InChI=1S/C33H32N2O5S/c1-5-6-12-39-24-9-7-8-21(17-24)29-27(30(36)22-10-11-25-23(16-22)15-20(4)40-25)31(37)32(38)35(29)33-34-28-19(3)13-18(2)14-26(28)41-33/h7-11,13-14,16-17,20,29,36H,5-6,12,15H2,1-4H3/t20-,29+/m0/s1. The van der Waals surface area contributed by atoms with Gasteiger partial charge in [0.1, 0.15) is 23.4 Å². The zero-order valence-corrected chi connectivity index (χ0v) is 24.4. The quantitative estimate of drug-likeness (QED) is 0.111. The van der Waals surface area contributed by atoms with Crippen LogP contribution in [0.5, 0.6) is 11.5 Å². The fourth-order valence-electron chi connectivity index (χ4n) is 5.64. The van der Waals surface area contributed by atoms with Gasteiger partial charge in [-0.3, -0.25) is 14.5 Å².